The van der Waals surface area contributed by atoms with Crippen LogP contribution in [0.15, 0.2) is 16.7 Å². The van der Waals surface area contributed by atoms with Gasteiger partial charge in [-0.15, -0.1) is 10.2 Å². The van der Waals surface area contributed by atoms with Gasteiger partial charge in [0.2, 0.25) is 11.8 Å². The van der Waals surface area contributed by atoms with Gasteiger partial charge in [0.25, 0.3) is 5.91 Å². The average molecular weight is 525 g/mol. The molecule has 2 aliphatic carbocycles. The Labute approximate surface area is 224 Å². The highest BCUT2D eigenvalue weighted by molar-refractivity contribution is 5.98. The van der Waals surface area contributed by atoms with Crippen molar-refractivity contribution in [3.63, 3.8) is 0 Å². The lowest BCUT2D eigenvalue weighted by atomic mass is 9.89. The molecular weight excluding hydrogens is 484 g/mol. The number of amides is 1. The second-order valence-electron chi connectivity index (χ2n) is 11.9. The Morgan fingerprint density at radius 2 is 1.89 bits per heavy atom. The third-order valence-corrected chi connectivity index (χ3v) is 8.33. The molecule has 0 bridgehead atoms. The van der Waals surface area contributed by atoms with Gasteiger partial charge in [-0.2, -0.15) is 0 Å². The van der Waals surface area contributed by atoms with Gasteiger partial charge in [0.1, 0.15) is 0 Å². The number of piperidine rings is 1. The summed E-state index contributed by atoms with van der Waals surface area (Å²) in [6.07, 6.45) is 7.26. The number of methoxy groups -OCH3 is 1. The number of hydrogen-bond acceptors (Lipinski definition) is 9. The number of aromatic nitrogens is 3. The minimum atomic E-state index is -0.0172. The minimum Gasteiger partial charge on any atom is -0.424 e. The lowest BCUT2D eigenvalue weighted by Gasteiger charge is -2.39. The first-order valence-corrected chi connectivity index (χ1v) is 14.2. The standard InChI is InChI=1S/C28H40N6O4/c1-16(2)13-34(22-6-19(10-29-12-22)26-32-33-27(38-26)20-14-37-15-20)28(35)25-24(31-21-8-23(9-21)36-3)7-18(11-30-25)17-4-5-17/h7,11,16-17,19-23,29,31H,4-6,8-10,12-15H2,1-3H3/t19?,21?,22-,23?/m0/s1. The lowest BCUT2D eigenvalue weighted by molar-refractivity contribution is -0.00303. The van der Waals surface area contributed by atoms with Crippen LogP contribution in [0.1, 0.15) is 91.5 Å². The van der Waals surface area contributed by atoms with Crippen LogP contribution in [0, 0.1) is 5.92 Å². The van der Waals surface area contributed by atoms with Crippen LogP contribution in [0.3, 0.4) is 0 Å². The summed E-state index contributed by atoms with van der Waals surface area (Å²) in [5.74, 6) is 2.44. The van der Waals surface area contributed by atoms with E-state index in [2.05, 4.69) is 40.7 Å². The molecule has 1 amide bonds. The molecule has 6 rings (SSSR count). The maximum Gasteiger partial charge on any atom is 0.274 e. The molecule has 2 atom stereocenters. The number of carbonyl (C=O) groups is 1. The van der Waals surface area contributed by atoms with E-state index in [1.807, 2.05) is 11.1 Å². The van der Waals surface area contributed by atoms with Crippen LogP contribution < -0.4 is 10.6 Å². The van der Waals surface area contributed by atoms with Crippen LogP contribution >= 0.6 is 0 Å². The highest BCUT2D eigenvalue weighted by Crippen LogP contribution is 2.41. The summed E-state index contributed by atoms with van der Waals surface area (Å²) in [7, 11) is 1.76. The smallest absolute Gasteiger partial charge is 0.274 e. The number of carbonyl (C=O) groups excluding carboxylic acids is 1. The molecule has 2 aromatic heterocycles. The normalized spacial score (nSPS) is 27.6. The molecule has 4 fully saturated rings. The number of pyridine rings is 1. The fraction of sp³-hybridized carbons (Fsp3) is 0.714. The highest BCUT2D eigenvalue weighted by atomic mass is 16.5. The van der Waals surface area contributed by atoms with Crippen LogP contribution in [0.4, 0.5) is 5.69 Å². The topological polar surface area (TPSA) is 115 Å². The molecule has 206 valence electrons. The van der Waals surface area contributed by atoms with E-state index in [4.69, 9.17) is 18.9 Å². The maximum absolute atomic E-state index is 14.2. The summed E-state index contributed by atoms with van der Waals surface area (Å²) in [6, 6.07) is 2.47. The predicted octanol–water partition coefficient (Wildman–Crippen LogP) is 3.29. The fourth-order valence-electron chi connectivity index (χ4n) is 5.72. The zero-order valence-corrected chi connectivity index (χ0v) is 22.7. The van der Waals surface area contributed by atoms with E-state index in [1.165, 1.54) is 18.4 Å². The summed E-state index contributed by atoms with van der Waals surface area (Å²) in [5.41, 5.74) is 2.60. The summed E-state index contributed by atoms with van der Waals surface area (Å²) in [6.45, 7) is 7.73. The molecule has 1 unspecified atom stereocenters. The third kappa shape index (κ3) is 5.44. The van der Waals surface area contributed by atoms with Crippen LogP contribution in [0.2, 0.25) is 0 Å². The van der Waals surface area contributed by atoms with Crippen molar-refractivity contribution in [3.8, 4) is 0 Å². The Kier molecular flexibility index (Phi) is 7.37. The second kappa shape index (κ2) is 10.9. The average Bonchev–Trinajstić information content (AvgIpc) is 3.61. The SMILES string of the molecule is COC1CC(Nc2cc(C3CC3)cnc2C(=O)N(CC(C)C)[C@@H]2CNCC(c3nnc(C4COC4)o3)C2)C1. The van der Waals surface area contributed by atoms with Gasteiger partial charge < -0.3 is 29.4 Å². The zero-order chi connectivity index (χ0) is 26.2. The summed E-state index contributed by atoms with van der Waals surface area (Å²) in [5, 5.41) is 15.8. The van der Waals surface area contributed by atoms with Gasteiger partial charge in [-0.25, -0.2) is 4.98 Å². The molecule has 0 spiro atoms. The molecular formula is C28H40N6O4. The van der Waals surface area contributed by atoms with Gasteiger partial charge in [0, 0.05) is 45.0 Å². The van der Waals surface area contributed by atoms with Gasteiger partial charge >= 0.3 is 0 Å². The van der Waals surface area contributed by atoms with E-state index in [9.17, 15) is 4.79 Å². The van der Waals surface area contributed by atoms with Crippen molar-refractivity contribution >= 4 is 11.6 Å². The molecule has 2 saturated carbocycles. The monoisotopic (exact) mass is 524 g/mol. The Balaban J connectivity index is 1.22. The van der Waals surface area contributed by atoms with Crippen molar-refractivity contribution in [2.45, 2.75) is 81.9 Å². The first kappa shape index (κ1) is 25.7. The van der Waals surface area contributed by atoms with Crippen molar-refractivity contribution in [2.24, 2.45) is 5.92 Å². The maximum atomic E-state index is 14.2. The number of anilines is 1. The molecule has 2 saturated heterocycles. The Bertz CT molecular complexity index is 1120. The number of ether oxygens (including phenoxy) is 2. The molecule has 2 aromatic rings. The quantitative estimate of drug-likeness (QED) is 0.483. The molecule has 0 aromatic carbocycles. The Morgan fingerprint density at radius 1 is 1.13 bits per heavy atom. The number of hydrogen-bond donors (Lipinski definition) is 2. The number of nitrogens with one attached hydrogen (secondary N) is 2. The van der Waals surface area contributed by atoms with Crippen molar-refractivity contribution in [1.82, 2.24) is 25.4 Å². The molecule has 2 N–H and O–H groups in total. The Morgan fingerprint density at radius 3 is 2.55 bits per heavy atom. The van der Waals surface area contributed by atoms with E-state index in [0.29, 0.717) is 55.1 Å². The summed E-state index contributed by atoms with van der Waals surface area (Å²) in [4.78, 5) is 21.0. The fourth-order valence-corrected chi connectivity index (χ4v) is 5.72. The lowest BCUT2D eigenvalue weighted by Crippen LogP contribution is -2.52. The predicted molar refractivity (Wildman–Crippen MR) is 141 cm³/mol. The molecule has 0 radical (unpaired) electrons. The summed E-state index contributed by atoms with van der Waals surface area (Å²) < 4.78 is 16.8. The molecule has 4 heterocycles. The van der Waals surface area contributed by atoms with Gasteiger partial charge in [-0.1, -0.05) is 13.8 Å². The van der Waals surface area contributed by atoms with Crippen LogP contribution in [0.25, 0.3) is 0 Å². The van der Waals surface area contributed by atoms with Crippen molar-refractivity contribution in [2.75, 3.05) is 45.3 Å². The first-order valence-electron chi connectivity index (χ1n) is 14.2. The van der Waals surface area contributed by atoms with Crippen molar-refractivity contribution in [3.05, 3.63) is 35.3 Å². The highest BCUT2D eigenvalue weighted by Gasteiger charge is 2.37. The van der Waals surface area contributed by atoms with Crippen molar-refractivity contribution < 1.29 is 18.7 Å². The van der Waals surface area contributed by atoms with Gasteiger partial charge in [-0.05, 0) is 55.6 Å². The largest absolute Gasteiger partial charge is 0.424 e. The molecule has 4 aliphatic rings. The van der Waals surface area contributed by atoms with Crippen LogP contribution in [-0.4, -0.2) is 84.1 Å². The van der Waals surface area contributed by atoms with Gasteiger partial charge in [-0.3, -0.25) is 4.79 Å². The first-order chi connectivity index (χ1) is 18.5. The minimum absolute atomic E-state index is 0.00497. The molecule has 10 heteroatoms. The number of nitrogens with zero attached hydrogens (tertiary/aromatic N) is 4. The summed E-state index contributed by atoms with van der Waals surface area (Å²) >= 11 is 0. The zero-order valence-electron chi connectivity index (χ0n) is 22.7. The van der Waals surface area contributed by atoms with E-state index >= 15 is 0 Å². The molecule has 38 heavy (non-hydrogen) atoms. The van der Waals surface area contributed by atoms with E-state index < -0.39 is 0 Å². The van der Waals surface area contributed by atoms with Crippen LogP contribution in [-0.2, 0) is 9.47 Å². The van der Waals surface area contributed by atoms with E-state index in [1.54, 1.807) is 7.11 Å². The van der Waals surface area contributed by atoms with E-state index in [-0.39, 0.29) is 29.9 Å². The second-order valence-corrected chi connectivity index (χ2v) is 11.9. The van der Waals surface area contributed by atoms with Gasteiger partial charge in [0.05, 0.1) is 36.8 Å². The van der Waals surface area contributed by atoms with Gasteiger partial charge in [0.15, 0.2) is 5.69 Å². The van der Waals surface area contributed by atoms with Crippen LogP contribution in [0.5, 0.6) is 0 Å². The third-order valence-electron chi connectivity index (χ3n) is 8.33. The number of rotatable bonds is 10. The van der Waals surface area contributed by atoms with Crippen molar-refractivity contribution in [1.29, 1.82) is 0 Å². The van der Waals surface area contributed by atoms with E-state index in [0.717, 1.165) is 38.0 Å². The Hall–Kier alpha value is -2.56. The molecule has 2 aliphatic heterocycles. The molecule has 10 nitrogen and oxygen atoms in total.